The van der Waals surface area contributed by atoms with Gasteiger partial charge in [-0.1, -0.05) is 40.2 Å². The second kappa shape index (κ2) is 6.15. The summed E-state index contributed by atoms with van der Waals surface area (Å²) in [5.74, 6) is -0.318. The molecule has 0 aliphatic rings. The Balaban J connectivity index is 1.80. The minimum atomic E-state index is -0.452. The molecule has 0 radical (unpaired) electrons. The van der Waals surface area contributed by atoms with Crippen molar-refractivity contribution in [2.24, 2.45) is 0 Å². The van der Waals surface area contributed by atoms with Gasteiger partial charge in [-0.25, -0.2) is 4.39 Å². The van der Waals surface area contributed by atoms with Gasteiger partial charge in [-0.05, 0) is 29.5 Å². The normalized spacial score (nSPS) is 10.6. The predicted molar refractivity (Wildman–Crippen MR) is 81.7 cm³/mol. The largest absolute Gasteiger partial charge is 0.292 e. The molecule has 1 aromatic heterocycles. The van der Waals surface area contributed by atoms with Crippen LogP contribution in [0.15, 0.2) is 53.0 Å². The number of carbonyl (C=O) groups is 1. The summed E-state index contributed by atoms with van der Waals surface area (Å²) in [5, 5.41) is 12.0. The summed E-state index contributed by atoms with van der Waals surface area (Å²) >= 11 is 3.41. The van der Waals surface area contributed by atoms with Crippen molar-refractivity contribution in [3.8, 4) is 11.4 Å². The molecule has 22 heavy (non-hydrogen) atoms. The van der Waals surface area contributed by atoms with E-state index in [0.717, 1.165) is 10.0 Å². The maximum absolute atomic E-state index is 13.1. The van der Waals surface area contributed by atoms with Crippen molar-refractivity contribution in [2.45, 2.75) is 6.54 Å². The number of rotatable bonds is 4. The first-order valence-corrected chi connectivity index (χ1v) is 7.24. The lowest BCUT2D eigenvalue weighted by atomic mass is 10.1. The molecule has 0 saturated carbocycles. The van der Waals surface area contributed by atoms with Crippen LogP contribution >= 0.6 is 15.9 Å². The molecule has 0 N–H and O–H groups in total. The lowest BCUT2D eigenvalue weighted by Crippen LogP contribution is -2.13. The van der Waals surface area contributed by atoms with Gasteiger partial charge in [0.05, 0.1) is 0 Å². The minimum absolute atomic E-state index is 0.0963. The van der Waals surface area contributed by atoms with Crippen molar-refractivity contribution in [2.75, 3.05) is 0 Å². The van der Waals surface area contributed by atoms with Gasteiger partial charge in [-0.3, -0.25) is 4.79 Å². The molecular formula is C15H10BrFN4O. The highest BCUT2D eigenvalue weighted by Crippen LogP contribution is 2.24. The quantitative estimate of drug-likeness (QED) is 0.670. The molecule has 7 heteroatoms. The third-order valence-corrected chi connectivity index (χ3v) is 3.69. The Morgan fingerprint density at radius 2 is 2.00 bits per heavy atom. The highest BCUT2D eigenvalue weighted by Gasteiger charge is 2.13. The Morgan fingerprint density at radius 1 is 1.18 bits per heavy atom. The van der Waals surface area contributed by atoms with Gasteiger partial charge < -0.3 is 0 Å². The second-order valence-corrected chi connectivity index (χ2v) is 5.41. The minimum Gasteiger partial charge on any atom is -0.292 e. The van der Waals surface area contributed by atoms with Crippen LogP contribution in [0.5, 0.6) is 0 Å². The van der Waals surface area contributed by atoms with Crippen molar-refractivity contribution in [1.29, 1.82) is 0 Å². The summed E-state index contributed by atoms with van der Waals surface area (Å²) in [6.07, 6.45) is 0. The van der Waals surface area contributed by atoms with Gasteiger partial charge in [0, 0.05) is 15.6 Å². The molecule has 0 unspecified atom stereocenters. The monoisotopic (exact) mass is 360 g/mol. The Labute approximate surface area is 133 Å². The highest BCUT2D eigenvalue weighted by molar-refractivity contribution is 9.10. The van der Waals surface area contributed by atoms with Crippen LogP contribution in [0.25, 0.3) is 11.4 Å². The van der Waals surface area contributed by atoms with Gasteiger partial charge in [0.15, 0.2) is 5.78 Å². The van der Waals surface area contributed by atoms with E-state index in [1.807, 2.05) is 24.3 Å². The third kappa shape index (κ3) is 3.09. The topological polar surface area (TPSA) is 60.7 Å². The molecule has 110 valence electrons. The lowest BCUT2D eigenvalue weighted by Gasteiger charge is -2.00. The molecule has 0 aliphatic carbocycles. The van der Waals surface area contributed by atoms with E-state index in [1.54, 1.807) is 6.07 Å². The Hall–Kier alpha value is -2.41. The molecule has 0 saturated heterocycles. The van der Waals surface area contributed by atoms with Crippen LogP contribution in [-0.2, 0) is 6.54 Å². The van der Waals surface area contributed by atoms with E-state index in [2.05, 4.69) is 31.3 Å². The number of hydrogen-bond donors (Lipinski definition) is 0. The van der Waals surface area contributed by atoms with Crippen molar-refractivity contribution in [1.82, 2.24) is 20.2 Å². The molecule has 0 spiro atoms. The van der Waals surface area contributed by atoms with Gasteiger partial charge in [0.2, 0.25) is 5.82 Å². The first-order chi connectivity index (χ1) is 10.6. The number of nitrogens with zero attached hydrogens (tertiary/aromatic N) is 4. The van der Waals surface area contributed by atoms with Crippen molar-refractivity contribution < 1.29 is 9.18 Å². The van der Waals surface area contributed by atoms with E-state index in [0.29, 0.717) is 5.82 Å². The molecule has 3 aromatic rings. The molecule has 0 fully saturated rings. The zero-order valence-electron chi connectivity index (χ0n) is 11.3. The number of Topliss-reactive ketones (excluding diaryl/α,β-unsaturated/α-hetero) is 1. The number of halogens is 2. The first-order valence-electron chi connectivity index (χ1n) is 6.45. The van der Waals surface area contributed by atoms with Crippen LogP contribution in [0, 0.1) is 5.82 Å². The average Bonchev–Trinajstić information content (AvgIpc) is 2.96. The van der Waals surface area contributed by atoms with Crippen molar-refractivity contribution in [3.05, 3.63) is 64.4 Å². The number of ketones is 1. The van der Waals surface area contributed by atoms with Crippen molar-refractivity contribution >= 4 is 21.7 Å². The van der Waals surface area contributed by atoms with E-state index >= 15 is 0 Å². The van der Waals surface area contributed by atoms with Crippen LogP contribution in [0.2, 0.25) is 0 Å². The molecular weight excluding hydrogens is 351 g/mol. The zero-order chi connectivity index (χ0) is 15.5. The lowest BCUT2D eigenvalue weighted by molar-refractivity contribution is 0.0961. The van der Waals surface area contributed by atoms with E-state index < -0.39 is 5.82 Å². The Kier molecular flexibility index (Phi) is 4.06. The predicted octanol–water partition coefficient (Wildman–Crippen LogP) is 3.12. The van der Waals surface area contributed by atoms with Crippen LogP contribution in [0.4, 0.5) is 4.39 Å². The van der Waals surface area contributed by atoms with E-state index in [4.69, 9.17) is 0 Å². The summed E-state index contributed by atoms with van der Waals surface area (Å²) in [6, 6.07) is 13.0. The van der Waals surface area contributed by atoms with Crippen LogP contribution in [-0.4, -0.2) is 26.0 Å². The number of carbonyl (C=O) groups excluding carboxylic acids is 1. The summed E-state index contributed by atoms with van der Waals surface area (Å²) in [4.78, 5) is 13.3. The van der Waals surface area contributed by atoms with Gasteiger partial charge in [-0.15, -0.1) is 10.2 Å². The number of hydrogen-bond acceptors (Lipinski definition) is 4. The molecule has 0 bridgehead atoms. The summed E-state index contributed by atoms with van der Waals surface area (Å²) in [6.45, 7) is -0.0963. The standard InChI is InChI=1S/C15H10BrFN4O/c16-13-7-2-1-6-12(13)15-18-20-21(19-15)9-14(22)10-4-3-5-11(17)8-10/h1-8H,9H2. The Bertz CT molecular complexity index is 834. The molecule has 0 aliphatic heterocycles. The first kappa shape index (κ1) is 14.5. The van der Waals surface area contributed by atoms with Gasteiger partial charge in [0.1, 0.15) is 12.4 Å². The fraction of sp³-hybridized carbons (Fsp3) is 0.0667. The van der Waals surface area contributed by atoms with Gasteiger partial charge in [-0.2, -0.15) is 4.80 Å². The molecule has 0 amide bonds. The van der Waals surface area contributed by atoms with Crippen molar-refractivity contribution in [3.63, 3.8) is 0 Å². The van der Waals surface area contributed by atoms with E-state index in [1.165, 1.54) is 23.0 Å². The molecule has 5 nitrogen and oxygen atoms in total. The maximum Gasteiger partial charge on any atom is 0.206 e. The van der Waals surface area contributed by atoms with Crippen LogP contribution < -0.4 is 0 Å². The average molecular weight is 361 g/mol. The zero-order valence-corrected chi connectivity index (χ0v) is 12.9. The maximum atomic E-state index is 13.1. The molecule has 3 rings (SSSR count). The highest BCUT2D eigenvalue weighted by atomic mass is 79.9. The Morgan fingerprint density at radius 3 is 2.77 bits per heavy atom. The van der Waals surface area contributed by atoms with Gasteiger partial charge in [0.25, 0.3) is 0 Å². The second-order valence-electron chi connectivity index (χ2n) is 4.56. The number of benzene rings is 2. The van der Waals surface area contributed by atoms with Crippen LogP contribution in [0.3, 0.4) is 0 Å². The fourth-order valence-corrected chi connectivity index (χ4v) is 2.40. The molecule has 0 atom stereocenters. The van der Waals surface area contributed by atoms with Gasteiger partial charge >= 0.3 is 0 Å². The SMILES string of the molecule is O=C(Cn1nnc(-c2ccccc2Br)n1)c1cccc(F)c1. The van der Waals surface area contributed by atoms with E-state index in [-0.39, 0.29) is 17.9 Å². The third-order valence-electron chi connectivity index (χ3n) is 3.00. The van der Waals surface area contributed by atoms with Crippen LogP contribution in [0.1, 0.15) is 10.4 Å². The fourth-order valence-electron chi connectivity index (χ4n) is 1.94. The smallest absolute Gasteiger partial charge is 0.206 e. The number of aromatic nitrogens is 4. The number of tetrazole rings is 1. The summed E-state index contributed by atoms with van der Waals surface area (Å²) < 4.78 is 14.0. The van der Waals surface area contributed by atoms with E-state index in [9.17, 15) is 9.18 Å². The molecule has 1 heterocycles. The summed E-state index contributed by atoms with van der Waals surface area (Å²) in [7, 11) is 0. The molecule has 2 aromatic carbocycles. The summed E-state index contributed by atoms with van der Waals surface area (Å²) in [5.41, 5.74) is 1.06.